The summed E-state index contributed by atoms with van der Waals surface area (Å²) >= 11 is 3.47. The number of urea groups is 1. The zero-order valence-electron chi connectivity index (χ0n) is 11.0. The molecule has 2 aliphatic heterocycles. The van der Waals surface area contributed by atoms with E-state index in [0.29, 0.717) is 6.04 Å². The van der Waals surface area contributed by atoms with Crippen LogP contribution in [0.1, 0.15) is 12.0 Å². The molecule has 19 heavy (non-hydrogen) atoms. The average Bonchev–Trinajstić information content (AvgIpc) is 2.41. The van der Waals surface area contributed by atoms with E-state index in [1.807, 2.05) is 21.9 Å². The Balaban J connectivity index is 1.87. The third-order valence-electron chi connectivity index (χ3n) is 3.96. The van der Waals surface area contributed by atoms with E-state index in [1.165, 1.54) is 0 Å². The van der Waals surface area contributed by atoms with Crippen LogP contribution in [-0.2, 0) is 0 Å². The maximum atomic E-state index is 12.6. The number of carbonyl (C=O) groups is 1. The van der Waals surface area contributed by atoms with Gasteiger partial charge < -0.3 is 10.2 Å². The third-order valence-corrected chi connectivity index (χ3v) is 4.46. The molecular formula is C14H18BrN3O. The highest BCUT2D eigenvalue weighted by Crippen LogP contribution is 2.28. The zero-order chi connectivity index (χ0) is 13.4. The van der Waals surface area contributed by atoms with E-state index in [9.17, 15) is 4.79 Å². The molecule has 0 radical (unpaired) electrons. The zero-order valence-corrected chi connectivity index (χ0v) is 12.6. The van der Waals surface area contributed by atoms with E-state index in [2.05, 4.69) is 34.2 Å². The number of halogens is 1. The highest BCUT2D eigenvalue weighted by molar-refractivity contribution is 9.10. The summed E-state index contributed by atoms with van der Waals surface area (Å²) in [6.45, 7) is 5.51. The van der Waals surface area contributed by atoms with E-state index in [1.54, 1.807) is 0 Å². The van der Waals surface area contributed by atoms with Crippen molar-refractivity contribution in [3.05, 3.63) is 28.2 Å². The van der Waals surface area contributed by atoms with Gasteiger partial charge in [-0.2, -0.15) is 0 Å². The van der Waals surface area contributed by atoms with E-state index < -0.39 is 0 Å². The van der Waals surface area contributed by atoms with Crippen LogP contribution in [0.25, 0.3) is 0 Å². The monoisotopic (exact) mass is 323 g/mol. The van der Waals surface area contributed by atoms with E-state index in [4.69, 9.17) is 0 Å². The van der Waals surface area contributed by atoms with Crippen LogP contribution in [0.4, 0.5) is 10.5 Å². The van der Waals surface area contributed by atoms with Crippen LogP contribution in [0.2, 0.25) is 0 Å². The minimum Gasteiger partial charge on any atom is -0.319 e. The molecule has 2 amide bonds. The number of hydrogen-bond acceptors (Lipinski definition) is 2. The second kappa shape index (κ2) is 5.13. The maximum absolute atomic E-state index is 12.6. The van der Waals surface area contributed by atoms with Gasteiger partial charge in [-0.15, -0.1) is 0 Å². The van der Waals surface area contributed by atoms with Crippen molar-refractivity contribution in [2.24, 2.45) is 0 Å². The predicted molar refractivity (Wildman–Crippen MR) is 79.6 cm³/mol. The second-order valence-electron chi connectivity index (χ2n) is 5.21. The molecule has 0 spiro atoms. The van der Waals surface area contributed by atoms with Crippen LogP contribution >= 0.6 is 15.9 Å². The lowest BCUT2D eigenvalue weighted by molar-refractivity contribution is 0.147. The molecule has 2 fully saturated rings. The number of hydrogen-bond donors (Lipinski definition) is 1. The van der Waals surface area contributed by atoms with Crippen molar-refractivity contribution in [3.63, 3.8) is 0 Å². The molecular weight excluding hydrogens is 306 g/mol. The van der Waals surface area contributed by atoms with Crippen LogP contribution in [0.3, 0.4) is 0 Å². The summed E-state index contributed by atoms with van der Waals surface area (Å²) in [4.78, 5) is 16.5. The quantitative estimate of drug-likeness (QED) is 0.861. The summed E-state index contributed by atoms with van der Waals surface area (Å²) in [6, 6.07) is 6.61. The Kier molecular flexibility index (Phi) is 3.50. The number of amides is 2. The van der Waals surface area contributed by atoms with Crippen molar-refractivity contribution in [3.8, 4) is 0 Å². The van der Waals surface area contributed by atoms with Gasteiger partial charge in [-0.25, -0.2) is 4.79 Å². The first-order valence-electron chi connectivity index (χ1n) is 6.72. The van der Waals surface area contributed by atoms with Gasteiger partial charge in [-0.05, 0) is 37.1 Å². The molecule has 5 heteroatoms. The molecule has 0 bridgehead atoms. The van der Waals surface area contributed by atoms with Crippen molar-refractivity contribution in [2.75, 3.05) is 31.1 Å². The number of aryl methyl sites for hydroxylation is 1. The Labute approximate surface area is 121 Å². The van der Waals surface area contributed by atoms with Gasteiger partial charge in [0.1, 0.15) is 0 Å². The van der Waals surface area contributed by atoms with E-state index in [0.717, 1.165) is 48.3 Å². The second-order valence-corrected chi connectivity index (χ2v) is 6.12. The Morgan fingerprint density at radius 1 is 1.37 bits per heavy atom. The van der Waals surface area contributed by atoms with Crippen LogP contribution in [-0.4, -0.2) is 43.2 Å². The van der Waals surface area contributed by atoms with Gasteiger partial charge in [-0.1, -0.05) is 15.9 Å². The lowest BCUT2D eigenvalue weighted by Gasteiger charge is -2.44. The molecule has 3 rings (SSSR count). The molecule has 1 aromatic carbocycles. The minimum absolute atomic E-state index is 0.156. The lowest BCUT2D eigenvalue weighted by Crippen LogP contribution is -2.61. The van der Waals surface area contributed by atoms with E-state index in [-0.39, 0.29) is 6.03 Å². The molecule has 4 nitrogen and oxygen atoms in total. The maximum Gasteiger partial charge on any atom is 0.324 e. The third kappa shape index (κ3) is 2.37. The smallest absolute Gasteiger partial charge is 0.319 e. The van der Waals surface area contributed by atoms with Gasteiger partial charge in [0.25, 0.3) is 0 Å². The molecule has 1 atom stereocenters. The molecule has 2 saturated heterocycles. The fourth-order valence-electron chi connectivity index (χ4n) is 2.94. The number of benzene rings is 1. The first-order chi connectivity index (χ1) is 9.16. The standard InChI is InChI=1S/C14H18BrN3O/c1-10-8-11(15)2-3-13(10)18-6-4-12-9-16-5-7-17(12)14(18)19/h2-3,8,12,16H,4-7,9H2,1H3. The summed E-state index contributed by atoms with van der Waals surface area (Å²) in [6.07, 6.45) is 1.04. The molecule has 102 valence electrons. The first-order valence-corrected chi connectivity index (χ1v) is 7.51. The van der Waals surface area contributed by atoms with Crippen LogP contribution in [0, 0.1) is 6.92 Å². The highest BCUT2D eigenvalue weighted by atomic mass is 79.9. The topological polar surface area (TPSA) is 35.6 Å². The van der Waals surface area contributed by atoms with Crippen molar-refractivity contribution < 1.29 is 4.79 Å². The molecule has 1 aromatic rings. The van der Waals surface area contributed by atoms with Crippen LogP contribution in [0.5, 0.6) is 0 Å². The van der Waals surface area contributed by atoms with Gasteiger partial charge in [0.05, 0.1) is 0 Å². The molecule has 2 aliphatic rings. The van der Waals surface area contributed by atoms with Gasteiger partial charge in [0, 0.05) is 42.4 Å². The van der Waals surface area contributed by atoms with Crippen molar-refractivity contribution in [1.82, 2.24) is 10.2 Å². The normalized spacial score (nSPS) is 23.5. The molecule has 0 aromatic heterocycles. The Hall–Kier alpha value is -1.07. The summed E-state index contributed by atoms with van der Waals surface area (Å²) in [7, 11) is 0. The molecule has 2 heterocycles. The number of fused-ring (bicyclic) bond motifs is 1. The first kappa shape index (κ1) is 12.9. The summed E-state index contributed by atoms with van der Waals surface area (Å²) < 4.78 is 1.05. The van der Waals surface area contributed by atoms with Crippen molar-refractivity contribution in [2.45, 2.75) is 19.4 Å². The number of carbonyl (C=O) groups excluding carboxylic acids is 1. The summed E-state index contributed by atoms with van der Waals surface area (Å²) in [5, 5.41) is 3.36. The minimum atomic E-state index is 0.156. The molecule has 1 N–H and O–H groups in total. The Bertz CT molecular complexity index is 505. The predicted octanol–water partition coefficient (Wildman–Crippen LogP) is 2.36. The fraction of sp³-hybridized carbons (Fsp3) is 0.500. The fourth-order valence-corrected chi connectivity index (χ4v) is 3.42. The molecule has 0 saturated carbocycles. The molecule has 1 unspecified atom stereocenters. The van der Waals surface area contributed by atoms with Gasteiger partial charge in [0.2, 0.25) is 0 Å². The van der Waals surface area contributed by atoms with Gasteiger partial charge in [-0.3, -0.25) is 4.90 Å². The van der Waals surface area contributed by atoms with Gasteiger partial charge in [0.15, 0.2) is 0 Å². The number of anilines is 1. The average molecular weight is 324 g/mol. The van der Waals surface area contributed by atoms with Gasteiger partial charge >= 0.3 is 6.03 Å². The van der Waals surface area contributed by atoms with Crippen LogP contribution in [0.15, 0.2) is 22.7 Å². The Morgan fingerprint density at radius 3 is 3.00 bits per heavy atom. The lowest BCUT2D eigenvalue weighted by atomic mass is 10.1. The molecule has 0 aliphatic carbocycles. The summed E-state index contributed by atoms with van der Waals surface area (Å²) in [5.41, 5.74) is 2.17. The number of rotatable bonds is 1. The number of piperazine rings is 1. The number of nitrogens with one attached hydrogen (secondary N) is 1. The van der Waals surface area contributed by atoms with Crippen molar-refractivity contribution >= 4 is 27.6 Å². The Morgan fingerprint density at radius 2 is 2.21 bits per heavy atom. The van der Waals surface area contributed by atoms with E-state index >= 15 is 0 Å². The summed E-state index contributed by atoms with van der Waals surface area (Å²) in [5.74, 6) is 0. The number of nitrogens with zero attached hydrogens (tertiary/aromatic N) is 2. The largest absolute Gasteiger partial charge is 0.324 e. The highest BCUT2D eigenvalue weighted by Gasteiger charge is 2.35. The van der Waals surface area contributed by atoms with Crippen molar-refractivity contribution in [1.29, 1.82) is 0 Å². The SMILES string of the molecule is Cc1cc(Br)ccc1N1CCC2CNCCN2C1=O. The van der Waals surface area contributed by atoms with Crippen LogP contribution < -0.4 is 10.2 Å².